The molecule has 0 radical (unpaired) electrons. The van der Waals surface area contributed by atoms with E-state index in [-0.39, 0.29) is 29.7 Å². The van der Waals surface area contributed by atoms with Crippen molar-refractivity contribution in [1.82, 2.24) is 5.32 Å². The van der Waals surface area contributed by atoms with Crippen molar-refractivity contribution in [2.24, 2.45) is 17.8 Å². The SMILES string of the molecule is CC(C)[C@@H]1N[C@]2(C(=O)Nc3ccccc32)[C@@H]2C(=O)N(c3cccc4ccccc34)C(=O)[C@@H]21. The molecule has 3 aliphatic rings. The lowest BCUT2D eigenvalue weighted by Crippen LogP contribution is -2.54. The molecule has 0 aromatic heterocycles. The van der Waals surface area contributed by atoms with Crippen LogP contribution in [0.25, 0.3) is 10.8 Å². The van der Waals surface area contributed by atoms with Crippen LogP contribution in [0.1, 0.15) is 19.4 Å². The van der Waals surface area contributed by atoms with E-state index in [9.17, 15) is 14.4 Å². The molecular weight excluding hydrogens is 402 g/mol. The molecule has 2 N–H and O–H groups in total. The number of rotatable bonds is 2. The first-order valence-electron chi connectivity index (χ1n) is 11.0. The second-order valence-corrected chi connectivity index (χ2v) is 9.24. The molecule has 6 heteroatoms. The van der Waals surface area contributed by atoms with Crippen LogP contribution in [-0.4, -0.2) is 23.8 Å². The fourth-order valence-electron chi connectivity index (χ4n) is 5.90. The van der Waals surface area contributed by atoms with Gasteiger partial charge < -0.3 is 5.32 Å². The number of carbonyl (C=O) groups excluding carboxylic acids is 3. The van der Waals surface area contributed by atoms with E-state index in [4.69, 9.17) is 0 Å². The third-order valence-electron chi connectivity index (χ3n) is 7.28. The number of carbonyl (C=O) groups is 3. The Kier molecular flexibility index (Phi) is 3.90. The number of imide groups is 1. The molecule has 3 amide bonds. The van der Waals surface area contributed by atoms with Crippen LogP contribution in [0.3, 0.4) is 0 Å². The summed E-state index contributed by atoms with van der Waals surface area (Å²) in [6, 6.07) is 20.5. The van der Waals surface area contributed by atoms with E-state index >= 15 is 0 Å². The molecule has 1 spiro atoms. The van der Waals surface area contributed by atoms with Crippen LogP contribution in [0.4, 0.5) is 11.4 Å². The number of benzene rings is 3. The molecule has 0 saturated carbocycles. The van der Waals surface area contributed by atoms with E-state index in [1.54, 1.807) is 0 Å². The van der Waals surface area contributed by atoms with Crippen LogP contribution >= 0.6 is 0 Å². The largest absolute Gasteiger partial charge is 0.324 e. The second-order valence-electron chi connectivity index (χ2n) is 9.24. The monoisotopic (exact) mass is 425 g/mol. The maximum absolute atomic E-state index is 14.0. The fourth-order valence-corrected chi connectivity index (χ4v) is 5.90. The van der Waals surface area contributed by atoms with Gasteiger partial charge in [-0.15, -0.1) is 0 Å². The van der Waals surface area contributed by atoms with Gasteiger partial charge in [-0.3, -0.25) is 19.7 Å². The number of hydrogen-bond donors (Lipinski definition) is 2. The smallest absolute Gasteiger partial charge is 0.250 e. The van der Waals surface area contributed by atoms with Crippen molar-refractivity contribution in [3.05, 3.63) is 72.3 Å². The maximum atomic E-state index is 14.0. The molecule has 2 saturated heterocycles. The lowest BCUT2D eigenvalue weighted by atomic mass is 9.76. The molecular formula is C26H23N3O3. The molecule has 2 fully saturated rings. The predicted octanol–water partition coefficient (Wildman–Crippen LogP) is 3.42. The van der Waals surface area contributed by atoms with Crippen LogP contribution in [-0.2, 0) is 19.9 Å². The van der Waals surface area contributed by atoms with Gasteiger partial charge in [-0.05, 0) is 23.4 Å². The third-order valence-corrected chi connectivity index (χ3v) is 7.28. The number of amides is 3. The molecule has 3 aliphatic heterocycles. The molecule has 4 atom stereocenters. The summed E-state index contributed by atoms with van der Waals surface area (Å²) >= 11 is 0. The molecule has 0 aliphatic carbocycles. The summed E-state index contributed by atoms with van der Waals surface area (Å²) in [4.78, 5) is 42.6. The number of anilines is 2. The van der Waals surface area contributed by atoms with E-state index in [0.29, 0.717) is 11.4 Å². The summed E-state index contributed by atoms with van der Waals surface area (Å²) in [6.45, 7) is 4.04. The van der Waals surface area contributed by atoms with Gasteiger partial charge >= 0.3 is 0 Å². The number of hydrogen-bond acceptors (Lipinski definition) is 4. The number of nitrogens with one attached hydrogen (secondary N) is 2. The quantitative estimate of drug-likeness (QED) is 0.617. The van der Waals surface area contributed by atoms with Gasteiger partial charge in [-0.25, -0.2) is 4.90 Å². The highest BCUT2D eigenvalue weighted by molar-refractivity contribution is 6.28. The van der Waals surface area contributed by atoms with Crippen LogP contribution in [0.5, 0.6) is 0 Å². The van der Waals surface area contributed by atoms with E-state index in [2.05, 4.69) is 10.6 Å². The molecule has 3 aromatic carbocycles. The number of fused-ring (bicyclic) bond motifs is 5. The topological polar surface area (TPSA) is 78.5 Å². The highest BCUT2D eigenvalue weighted by Crippen LogP contribution is 2.54. The Balaban J connectivity index is 1.56. The van der Waals surface area contributed by atoms with Gasteiger partial charge in [0.05, 0.1) is 17.5 Å². The van der Waals surface area contributed by atoms with Crippen molar-refractivity contribution in [2.75, 3.05) is 10.2 Å². The first-order valence-corrected chi connectivity index (χ1v) is 11.0. The summed E-state index contributed by atoms with van der Waals surface area (Å²) in [5, 5.41) is 8.20. The highest BCUT2D eigenvalue weighted by atomic mass is 16.2. The van der Waals surface area contributed by atoms with Crippen LogP contribution < -0.4 is 15.5 Å². The summed E-state index contributed by atoms with van der Waals surface area (Å²) in [7, 11) is 0. The zero-order valence-corrected chi connectivity index (χ0v) is 17.8. The van der Waals surface area contributed by atoms with Crippen molar-refractivity contribution in [2.45, 2.75) is 25.4 Å². The standard InChI is InChI=1S/C26H23N3O3/c1-14(2)22-20-21(26(28-22)17-11-5-6-12-18(17)27-25(26)32)24(31)29(23(20)30)19-13-7-9-15-8-3-4-10-16(15)19/h3-14,20-22,28H,1-2H3,(H,27,32)/t20-,21-,22-,26-/m0/s1. The first-order chi connectivity index (χ1) is 15.4. The zero-order valence-electron chi connectivity index (χ0n) is 17.8. The Bertz CT molecular complexity index is 1310. The molecule has 6 nitrogen and oxygen atoms in total. The first kappa shape index (κ1) is 19.2. The van der Waals surface area contributed by atoms with Crippen molar-refractivity contribution >= 4 is 39.9 Å². The lowest BCUT2D eigenvalue weighted by Gasteiger charge is -2.30. The van der Waals surface area contributed by atoms with Crippen molar-refractivity contribution in [1.29, 1.82) is 0 Å². The predicted molar refractivity (Wildman–Crippen MR) is 122 cm³/mol. The minimum absolute atomic E-state index is 0.0617. The van der Waals surface area contributed by atoms with E-state index in [0.717, 1.165) is 16.3 Å². The molecule has 6 rings (SSSR count). The van der Waals surface area contributed by atoms with Crippen LogP contribution in [0, 0.1) is 17.8 Å². The van der Waals surface area contributed by atoms with E-state index < -0.39 is 17.4 Å². The average molecular weight is 425 g/mol. The minimum atomic E-state index is -1.25. The van der Waals surface area contributed by atoms with Crippen LogP contribution in [0.15, 0.2) is 66.7 Å². The number of para-hydroxylation sites is 1. The number of nitrogens with zero attached hydrogens (tertiary/aromatic N) is 1. The van der Waals surface area contributed by atoms with E-state index in [1.165, 1.54) is 4.90 Å². The molecule has 3 aromatic rings. The second kappa shape index (κ2) is 6.50. The van der Waals surface area contributed by atoms with Crippen molar-refractivity contribution < 1.29 is 14.4 Å². The van der Waals surface area contributed by atoms with E-state index in [1.807, 2.05) is 80.6 Å². The summed E-state index contributed by atoms with van der Waals surface area (Å²) < 4.78 is 0. The Labute approximate surface area is 185 Å². The van der Waals surface area contributed by atoms with Gasteiger partial charge in [0.1, 0.15) is 5.54 Å². The minimum Gasteiger partial charge on any atom is -0.324 e. The molecule has 3 heterocycles. The van der Waals surface area contributed by atoms with Gasteiger partial charge in [-0.1, -0.05) is 68.4 Å². The molecule has 0 bridgehead atoms. The Morgan fingerprint density at radius 3 is 2.41 bits per heavy atom. The lowest BCUT2D eigenvalue weighted by molar-refractivity contribution is -0.130. The van der Waals surface area contributed by atoms with Gasteiger partial charge in [0.2, 0.25) is 17.7 Å². The van der Waals surface area contributed by atoms with Gasteiger partial charge in [0.25, 0.3) is 0 Å². The average Bonchev–Trinajstić information content (AvgIpc) is 3.38. The Hall–Kier alpha value is -3.51. The van der Waals surface area contributed by atoms with Crippen molar-refractivity contribution in [3.8, 4) is 0 Å². The van der Waals surface area contributed by atoms with Crippen LogP contribution in [0.2, 0.25) is 0 Å². The third kappa shape index (κ3) is 2.25. The summed E-state index contributed by atoms with van der Waals surface area (Å²) in [5.74, 6) is -2.18. The molecule has 0 unspecified atom stereocenters. The summed E-state index contributed by atoms with van der Waals surface area (Å²) in [6.07, 6.45) is 0. The van der Waals surface area contributed by atoms with Gasteiger partial charge in [0, 0.05) is 22.7 Å². The molecule has 32 heavy (non-hydrogen) atoms. The van der Waals surface area contributed by atoms with Gasteiger partial charge in [-0.2, -0.15) is 0 Å². The highest BCUT2D eigenvalue weighted by Gasteiger charge is 2.71. The molecule has 160 valence electrons. The maximum Gasteiger partial charge on any atom is 0.250 e. The Morgan fingerprint density at radius 2 is 1.59 bits per heavy atom. The summed E-state index contributed by atoms with van der Waals surface area (Å²) in [5.41, 5.74) is 0.764. The van der Waals surface area contributed by atoms with Crippen molar-refractivity contribution in [3.63, 3.8) is 0 Å². The zero-order chi connectivity index (χ0) is 22.2. The normalized spacial score (nSPS) is 28.7. The Morgan fingerprint density at radius 1 is 0.875 bits per heavy atom. The fraction of sp³-hybridized carbons (Fsp3) is 0.269. The van der Waals surface area contributed by atoms with Gasteiger partial charge in [0.15, 0.2) is 0 Å².